The first-order chi connectivity index (χ1) is 11.7. The lowest BCUT2D eigenvalue weighted by Crippen LogP contribution is -2.55. The fourth-order valence-electron chi connectivity index (χ4n) is 5.17. The summed E-state index contributed by atoms with van der Waals surface area (Å²) < 4.78 is 0. The number of nitrogens with two attached hydrogens (primary N) is 1. The summed E-state index contributed by atoms with van der Waals surface area (Å²) in [6.45, 7) is 6.01. The molecule has 0 aromatic carbocycles. The van der Waals surface area contributed by atoms with Crippen molar-refractivity contribution < 1.29 is 9.59 Å². The maximum atomic E-state index is 12.7. The molecule has 0 aliphatic heterocycles. The van der Waals surface area contributed by atoms with Gasteiger partial charge in [0.25, 0.3) is 0 Å². The quantitative estimate of drug-likeness (QED) is 0.791. The minimum absolute atomic E-state index is 0.0274. The van der Waals surface area contributed by atoms with Gasteiger partial charge >= 0.3 is 0 Å². The SMILES string of the molecule is CC1(C)C(=O)C(C#N)=C[C@]2(C)C3=CC(=O)C(C#N)=C[C@]3(CN)CC[C@@H]12. The van der Waals surface area contributed by atoms with Gasteiger partial charge < -0.3 is 5.73 Å². The number of allylic oxidation sites excluding steroid dienone is 4. The Hall–Kier alpha value is -2.50. The van der Waals surface area contributed by atoms with E-state index in [1.165, 1.54) is 6.08 Å². The van der Waals surface area contributed by atoms with E-state index >= 15 is 0 Å². The van der Waals surface area contributed by atoms with Gasteiger partial charge in [-0.2, -0.15) is 10.5 Å². The highest BCUT2D eigenvalue weighted by Gasteiger charge is 2.59. The number of nitriles is 2. The lowest BCUT2D eigenvalue weighted by Gasteiger charge is -2.57. The van der Waals surface area contributed by atoms with E-state index in [9.17, 15) is 20.1 Å². The molecule has 128 valence electrons. The molecule has 3 atom stereocenters. The molecule has 25 heavy (non-hydrogen) atoms. The van der Waals surface area contributed by atoms with Gasteiger partial charge in [0.1, 0.15) is 12.1 Å². The van der Waals surface area contributed by atoms with E-state index in [-0.39, 0.29) is 35.2 Å². The zero-order chi connectivity index (χ0) is 18.6. The van der Waals surface area contributed by atoms with Crippen molar-refractivity contribution in [2.75, 3.05) is 6.54 Å². The zero-order valence-corrected chi connectivity index (χ0v) is 14.7. The standard InChI is InChI=1S/C20H21N3O2/c1-18(2)15-4-5-20(11-23)8-12(9-21)14(24)6-16(20)19(15,3)7-13(10-22)17(18)25/h6-8,15H,4-5,11,23H2,1-3H3/t15-,19-,20-/m0/s1. The summed E-state index contributed by atoms with van der Waals surface area (Å²) in [5.41, 5.74) is 5.30. The van der Waals surface area contributed by atoms with Gasteiger partial charge in [0.2, 0.25) is 0 Å². The first-order valence-corrected chi connectivity index (χ1v) is 8.44. The highest BCUT2D eigenvalue weighted by atomic mass is 16.1. The maximum Gasteiger partial charge on any atom is 0.196 e. The van der Waals surface area contributed by atoms with Crippen LogP contribution in [0.3, 0.4) is 0 Å². The molecule has 5 heteroatoms. The first-order valence-electron chi connectivity index (χ1n) is 8.44. The molecule has 0 aromatic heterocycles. The van der Waals surface area contributed by atoms with Gasteiger partial charge in [-0.25, -0.2) is 0 Å². The van der Waals surface area contributed by atoms with E-state index in [0.29, 0.717) is 6.42 Å². The van der Waals surface area contributed by atoms with Crippen molar-refractivity contribution in [1.82, 2.24) is 0 Å². The molecular formula is C20H21N3O2. The van der Waals surface area contributed by atoms with Crippen molar-refractivity contribution in [3.05, 3.63) is 34.9 Å². The number of hydrogen-bond acceptors (Lipinski definition) is 5. The topological polar surface area (TPSA) is 108 Å². The van der Waals surface area contributed by atoms with Gasteiger partial charge in [0.15, 0.2) is 11.6 Å². The highest BCUT2D eigenvalue weighted by Crippen LogP contribution is 2.63. The molecule has 0 saturated heterocycles. The molecule has 0 unspecified atom stereocenters. The Morgan fingerprint density at radius 1 is 1.16 bits per heavy atom. The van der Waals surface area contributed by atoms with Crippen LogP contribution >= 0.6 is 0 Å². The van der Waals surface area contributed by atoms with Crippen LogP contribution in [0.1, 0.15) is 33.6 Å². The number of carbonyl (C=O) groups excluding carboxylic acids is 2. The van der Waals surface area contributed by atoms with E-state index in [1.54, 1.807) is 12.2 Å². The molecule has 0 amide bonds. The number of ketones is 2. The van der Waals surface area contributed by atoms with E-state index in [2.05, 4.69) is 0 Å². The van der Waals surface area contributed by atoms with Crippen LogP contribution in [0, 0.1) is 44.8 Å². The summed E-state index contributed by atoms with van der Waals surface area (Å²) in [4.78, 5) is 25.1. The molecule has 0 radical (unpaired) electrons. The monoisotopic (exact) mass is 335 g/mol. The Kier molecular flexibility index (Phi) is 3.64. The molecule has 1 saturated carbocycles. The Morgan fingerprint density at radius 3 is 2.36 bits per heavy atom. The van der Waals surface area contributed by atoms with Crippen molar-refractivity contribution in [2.45, 2.75) is 33.6 Å². The van der Waals surface area contributed by atoms with Gasteiger partial charge in [-0.3, -0.25) is 9.59 Å². The second kappa shape index (κ2) is 5.25. The molecule has 2 N–H and O–H groups in total. The third-order valence-corrected chi connectivity index (χ3v) is 6.43. The maximum absolute atomic E-state index is 12.7. The molecule has 0 aromatic rings. The molecular weight excluding hydrogens is 314 g/mol. The van der Waals surface area contributed by atoms with Gasteiger partial charge in [0, 0.05) is 22.8 Å². The summed E-state index contributed by atoms with van der Waals surface area (Å²) in [6, 6.07) is 3.99. The number of fused-ring (bicyclic) bond motifs is 3. The largest absolute Gasteiger partial charge is 0.329 e. The van der Waals surface area contributed by atoms with Crippen molar-refractivity contribution in [1.29, 1.82) is 10.5 Å². The molecule has 0 spiro atoms. The molecule has 0 bridgehead atoms. The Balaban J connectivity index is 2.28. The normalized spacial score (nSPS) is 36.1. The minimum Gasteiger partial charge on any atom is -0.329 e. The first kappa shape index (κ1) is 17.3. The number of rotatable bonds is 1. The average molecular weight is 335 g/mol. The van der Waals surface area contributed by atoms with Crippen LogP contribution in [-0.4, -0.2) is 18.1 Å². The van der Waals surface area contributed by atoms with Crippen LogP contribution in [0.5, 0.6) is 0 Å². The fraction of sp³-hybridized carbons (Fsp3) is 0.500. The van der Waals surface area contributed by atoms with Crippen molar-refractivity contribution in [3.8, 4) is 12.1 Å². The van der Waals surface area contributed by atoms with Crippen molar-refractivity contribution in [2.24, 2.45) is 27.9 Å². The van der Waals surface area contributed by atoms with Crippen LogP contribution < -0.4 is 5.73 Å². The summed E-state index contributed by atoms with van der Waals surface area (Å²) in [6.07, 6.45) is 6.37. The van der Waals surface area contributed by atoms with Crippen molar-refractivity contribution >= 4 is 11.6 Å². The Morgan fingerprint density at radius 2 is 1.80 bits per heavy atom. The lowest BCUT2D eigenvalue weighted by molar-refractivity contribution is -0.130. The number of nitrogens with zero attached hydrogens (tertiary/aromatic N) is 2. The Bertz CT molecular complexity index is 862. The molecule has 3 aliphatic rings. The lowest BCUT2D eigenvalue weighted by atomic mass is 9.45. The second-order valence-corrected chi connectivity index (χ2v) is 8.05. The summed E-state index contributed by atoms with van der Waals surface area (Å²) in [5, 5.41) is 18.7. The predicted octanol–water partition coefficient (Wildman–Crippen LogP) is 2.37. The highest BCUT2D eigenvalue weighted by molar-refractivity contribution is 6.09. The summed E-state index contributed by atoms with van der Waals surface area (Å²) in [7, 11) is 0. The predicted molar refractivity (Wildman–Crippen MR) is 91.6 cm³/mol. The van der Waals surface area contributed by atoms with Gasteiger partial charge in [0.05, 0.1) is 11.1 Å². The third-order valence-electron chi connectivity index (χ3n) is 6.43. The van der Waals surface area contributed by atoms with Crippen LogP contribution in [0.25, 0.3) is 0 Å². The van der Waals surface area contributed by atoms with Gasteiger partial charge in [-0.05, 0) is 30.4 Å². The minimum atomic E-state index is -0.696. The Labute approximate surface area is 147 Å². The van der Waals surface area contributed by atoms with Crippen LogP contribution in [0.15, 0.2) is 34.9 Å². The van der Waals surface area contributed by atoms with Crippen LogP contribution in [0.4, 0.5) is 0 Å². The van der Waals surface area contributed by atoms with Crippen LogP contribution in [-0.2, 0) is 9.59 Å². The smallest absolute Gasteiger partial charge is 0.196 e. The van der Waals surface area contributed by atoms with E-state index in [4.69, 9.17) is 5.73 Å². The summed E-state index contributed by atoms with van der Waals surface area (Å²) in [5.74, 6) is -0.501. The zero-order valence-electron chi connectivity index (χ0n) is 14.7. The molecule has 0 heterocycles. The number of carbonyl (C=O) groups is 2. The van der Waals surface area contributed by atoms with Gasteiger partial charge in [-0.15, -0.1) is 0 Å². The molecule has 3 aliphatic carbocycles. The third kappa shape index (κ3) is 2.09. The second-order valence-electron chi connectivity index (χ2n) is 8.05. The van der Waals surface area contributed by atoms with Crippen molar-refractivity contribution in [3.63, 3.8) is 0 Å². The average Bonchev–Trinajstić information content (AvgIpc) is 2.58. The summed E-state index contributed by atoms with van der Waals surface area (Å²) >= 11 is 0. The number of Topliss-reactive ketones (excluding diaryl/α,β-unsaturated/α-hetero) is 1. The van der Waals surface area contributed by atoms with Crippen LogP contribution in [0.2, 0.25) is 0 Å². The fourth-order valence-corrected chi connectivity index (χ4v) is 5.17. The number of hydrogen-bond donors (Lipinski definition) is 1. The van der Waals surface area contributed by atoms with E-state index < -0.39 is 16.2 Å². The molecule has 3 rings (SSSR count). The van der Waals surface area contributed by atoms with E-state index in [0.717, 1.165) is 12.0 Å². The van der Waals surface area contributed by atoms with Gasteiger partial charge in [-0.1, -0.05) is 32.9 Å². The van der Waals surface area contributed by atoms with E-state index in [1.807, 2.05) is 32.9 Å². The molecule has 1 fully saturated rings. The molecule has 5 nitrogen and oxygen atoms in total.